The van der Waals surface area contributed by atoms with Crippen molar-refractivity contribution in [2.24, 2.45) is 14.1 Å². The first-order valence-electron chi connectivity index (χ1n) is 7.54. The maximum absolute atomic E-state index is 12.3. The molecular formula is C17H18N4O3. The number of rotatable bonds is 4. The molecule has 2 heterocycles. The molecule has 3 rings (SSSR count). The van der Waals surface area contributed by atoms with Crippen molar-refractivity contribution in [1.29, 1.82) is 0 Å². The zero-order chi connectivity index (χ0) is 17.3. The molecule has 0 bridgehead atoms. The van der Waals surface area contributed by atoms with Crippen molar-refractivity contribution < 1.29 is 4.79 Å². The van der Waals surface area contributed by atoms with Gasteiger partial charge in [-0.1, -0.05) is 30.3 Å². The van der Waals surface area contributed by atoms with Gasteiger partial charge in [0.15, 0.2) is 0 Å². The summed E-state index contributed by atoms with van der Waals surface area (Å²) in [4.78, 5) is 36.4. The molecule has 0 spiro atoms. The maximum atomic E-state index is 12.3. The lowest BCUT2D eigenvalue weighted by Crippen LogP contribution is -2.38. The van der Waals surface area contributed by atoms with Gasteiger partial charge in [0.1, 0.15) is 12.1 Å². The molecule has 1 aromatic carbocycles. The van der Waals surface area contributed by atoms with Crippen LogP contribution < -0.4 is 16.6 Å². The molecule has 0 aliphatic heterocycles. The Morgan fingerprint density at radius 3 is 2.46 bits per heavy atom. The van der Waals surface area contributed by atoms with Gasteiger partial charge in [0.05, 0.1) is 5.52 Å². The van der Waals surface area contributed by atoms with Crippen LogP contribution in [0.25, 0.3) is 11.0 Å². The second-order valence-electron chi connectivity index (χ2n) is 5.65. The lowest BCUT2D eigenvalue weighted by atomic mass is 10.2. The molecule has 0 aliphatic carbocycles. The van der Waals surface area contributed by atoms with Crippen LogP contribution in [-0.4, -0.2) is 19.6 Å². The highest BCUT2D eigenvalue weighted by Crippen LogP contribution is 2.09. The van der Waals surface area contributed by atoms with Gasteiger partial charge in [0, 0.05) is 26.8 Å². The van der Waals surface area contributed by atoms with E-state index < -0.39 is 11.2 Å². The van der Waals surface area contributed by atoms with Gasteiger partial charge >= 0.3 is 5.69 Å². The largest absolute Gasteiger partial charge is 0.350 e. The Labute approximate surface area is 137 Å². The Hall–Kier alpha value is -3.09. The minimum absolute atomic E-state index is 0.0176. The minimum atomic E-state index is -0.408. The van der Waals surface area contributed by atoms with Gasteiger partial charge < -0.3 is 9.88 Å². The van der Waals surface area contributed by atoms with E-state index in [9.17, 15) is 14.4 Å². The molecule has 0 unspecified atom stereocenters. The second-order valence-corrected chi connectivity index (χ2v) is 5.65. The summed E-state index contributed by atoms with van der Waals surface area (Å²) in [6.07, 6.45) is 1.65. The number of carbonyl (C=O) groups excluding carboxylic acids is 1. The Morgan fingerprint density at radius 1 is 1.04 bits per heavy atom. The van der Waals surface area contributed by atoms with E-state index in [-0.39, 0.29) is 12.5 Å². The van der Waals surface area contributed by atoms with Gasteiger partial charge in [-0.15, -0.1) is 0 Å². The number of carbonyl (C=O) groups is 1. The van der Waals surface area contributed by atoms with Crippen LogP contribution in [-0.2, 0) is 32.0 Å². The molecule has 7 nitrogen and oxygen atoms in total. The zero-order valence-electron chi connectivity index (χ0n) is 13.5. The Morgan fingerprint density at radius 2 is 1.75 bits per heavy atom. The fourth-order valence-electron chi connectivity index (χ4n) is 2.68. The van der Waals surface area contributed by atoms with Crippen LogP contribution in [0.1, 0.15) is 5.56 Å². The van der Waals surface area contributed by atoms with Crippen molar-refractivity contribution in [3.8, 4) is 0 Å². The summed E-state index contributed by atoms with van der Waals surface area (Å²) in [5.41, 5.74) is 1.06. The molecule has 24 heavy (non-hydrogen) atoms. The normalized spacial score (nSPS) is 10.9. The predicted octanol–water partition coefficient (Wildman–Crippen LogP) is 0.355. The molecule has 0 aliphatic rings. The van der Waals surface area contributed by atoms with Gasteiger partial charge in [0.2, 0.25) is 5.91 Å². The van der Waals surface area contributed by atoms with Crippen LogP contribution in [0.4, 0.5) is 0 Å². The highest BCUT2D eigenvalue weighted by molar-refractivity contribution is 5.80. The summed E-state index contributed by atoms with van der Waals surface area (Å²) in [7, 11) is 3.03. The smallest absolute Gasteiger partial charge is 0.331 e. The highest BCUT2D eigenvalue weighted by atomic mass is 16.2. The van der Waals surface area contributed by atoms with Crippen molar-refractivity contribution in [2.45, 2.75) is 13.1 Å². The first kappa shape index (κ1) is 15.8. The molecule has 0 saturated carbocycles. The molecule has 3 aromatic rings. The van der Waals surface area contributed by atoms with E-state index in [0.29, 0.717) is 17.6 Å². The molecule has 0 atom stereocenters. The zero-order valence-corrected chi connectivity index (χ0v) is 13.5. The Balaban J connectivity index is 1.84. The molecule has 0 saturated heterocycles. The molecule has 0 fully saturated rings. The summed E-state index contributed by atoms with van der Waals surface area (Å²) in [6.45, 7) is 0.444. The predicted molar refractivity (Wildman–Crippen MR) is 90.7 cm³/mol. The topological polar surface area (TPSA) is 78.0 Å². The number of amides is 1. The molecule has 1 N–H and O–H groups in total. The van der Waals surface area contributed by atoms with E-state index >= 15 is 0 Å². The lowest BCUT2D eigenvalue weighted by Gasteiger charge is -2.09. The highest BCUT2D eigenvalue weighted by Gasteiger charge is 2.14. The molecule has 2 aromatic heterocycles. The average molecular weight is 326 g/mol. The van der Waals surface area contributed by atoms with Crippen molar-refractivity contribution in [2.75, 3.05) is 0 Å². The van der Waals surface area contributed by atoms with Crippen LogP contribution in [0.15, 0.2) is 52.2 Å². The van der Waals surface area contributed by atoms with E-state index in [0.717, 1.165) is 10.1 Å². The number of fused-ring (bicyclic) bond motifs is 1. The summed E-state index contributed by atoms with van der Waals surface area (Å²) in [5.74, 6) is -0.202. The van der Waals surface area contributed by atoms with E-state index in [1.807, 2.05) is 30.3 Å². The third-order valence-electron chi connectivity index (χ3n) is 4.03. The number of nitrogens with one attached hydrogen (secondary N) is 1. The van der Waals surface area contributed by atoms with Gasteiger partial charge in [-0.2, -0.15) is 0 Å². The van der Waals surface area contributed by atoms with Crippen molar-refractivity contribution >= 4 is 16.9 Å². The van der Waals surface area contributed by atoms with Gasteiger partial charge in [-0.25, -0.2) is 4.79 Å². The maximum Gasteiger partial charge on any atom is 0.331 e. The quantitative estimate of drug-likeness (QED) is 0.752. The summed E-state index contributed by atoms with van der Waals surface area (Å²) < 4.78 is 4.01. The van der Waals surface area contributed by atoms with Crippen molar-refractivity contribution in [1.82, 2.24) is 19.0 Å². The fraction of sp³-hybridized carbons (Fsp3) is 0.235. The number of hydrogen-bond donors (Lipinski definition) is 1. The van der Waals surface area contributed by atoms with Crippen LogP contribution in [0.3, 0.4) is 0 Å². The van der Waals surface area contributed by atoms with Crippen LogP contribution >= 0.6 is 0 Å². The molecule has 0 radical (unpaired) electrons. The van der Waals surface area contributed by atoms with E-state index in [1.54, 1.807) is 23.9 Å². The third-order valence-corrected chi connectivity index (χ3v) is 4.03. The lowest BCUT2D eigenvalue weighted by molar-refractivity contribution is -0.121. The molecule has 124 valence electrons. The van der Waals surface area contributed by atoms with Crippen molar-refractivity contribution in [3.05, 3.63) is 69.0 Å². The van der Waals surface area contributed by atoms with E-state index in [2.05, 4.69) is 5.32 Å². The fourth-order valence-corrected chi connectivity index (χ4v) is 2.68. The summed E-state index contributed by atoms with van der Waals surface area (Å²) in [6, 6.07) is 11.3. The average Bonchev–Trinajstić information content (AvgIpc) is 3.01. The van der Waals surface area contributed by atoms with Gasteiger partial charge in [0.25, 0.3) is 5.56 Å². The van der Waals surface area contributed by atoms with Crippen LogP contribution in [0, 0.1) is 0 Å². The summed E-state index contributed by atoms with van der Waals surface area (Å²) in [5, 5.41) is 2.82. The van der Waals surface area contributed by atoms with Crippen LogP contribution in [0.2, 0.25) is 0 Å². The molecular weight excluding hydrogens is 308 g/mol. The Kier molecular flexibility index (Phi) is 4.07. The number of aromatic nitrogens is 3. The number of nitrogens with zero attached hydrogens (tertiary/aromatic N) is 3. The number of hydrogen-bond acceptors (Lipinski definition) is 3. The minimum Gasteiger partial charge on any atom is -0.350 e. The first-order valence-corrected chi connectivity index (χ1v) is 7.54. The second kappa shape index (κ2) is 6.19. The number of benzene rings is 1. The van der Waals surface area contributed by atoms with Crippen LogP contribution in [0.5, 0.6) is 0 Å². The van der Waals surface area contributed by atoms with Crippen molar-refractivity contribution in [3.63, 3.8) is 0 Å². The Bertz CT molecular complexity index is 1010. The van der Waals surface area contributed by atoms with Gasteiger partial charge in [-0.3, -0.25) is 18.7 Å². The number of aryl methyl sites for hydroxylation is 1. The SMILES string of the molecule is Cn1c(=O)c2c(ccn2CC(=O)NCc2ccccc2)n(C)c1=O. The third kappa shape index (κ3) is 2.76. The first-order chi connectivity index (χ1) is 11.5. The van der Waals surface area contributed by atoms with E-state index in [4.69, 9.17) is 0 Å². The monoisotopic (exact) mass is 326 g/mol. The van der Waals surface area contributed by atoms with Gasteiger partial charge in [-0.05, 0) is 11.6 Å². The standard InChI is InChI=1S/C17H18N4O3/c1-19-13-8-9-21(15(13)16(23)20(2)17(19)24)11-14(22)18-10-12-6-4-3-5-7-12/h3-9H,10-11H2,1-2H3,(H,18,22). The molecule has 7 heteroatoms. The summed E-state index contributed by atoms with van der Waals surface area (Å²) >= 11 is 0. The molecule has 1 amide bonds. The van der Waals surface area contributed by atoms with E-state index in [1.165, 1.54) is 11.6 Å².